The van der Waals surface area contributed by atoms with Crippen LogP contribution in [0.3, 0.4) is 0 Å². The van der Waals surface area contributed by atoms with Gasteiger partial charge in [0.1, 0.15) is 0 Å². The Morgan fingerprint density at radius 1 is 1.11 bits per heavy atom. The third-order valence-corrected chi connectivity index (χ3v) is 6.49. The van der Waals surface area contributed by atoms with Crippen LogP contribution >= 0.6 is 11.6 Å². The zero-order valence-electron chi connectivity index (χ0n) is 15.6. The zero-order valence-corrected chi connectivity index (χ0v) is 16.4. The van der Waals surface area contributed by atoms with Crippen LogP contribution in [0.2, 0.25) is 5.02 Å². The number of allylic oxidation sites excluding steroid dienone is 2. The summed E-state index contributed by atoms with van der Waals surface area (Å²) >= 11 is 6.51. The summed E-state index contributed by atoms with van der Waals surface area (Å²) in [7, 11) is 0. The first-order chi connectivity index (χ1) is 13.7. The van der Waals surface area contributed by atoms with E-state index < -0.39 is 0 Å². The Morgan fingerprint density at radius 2 is 1.93 bits per heavy atom. The second kappa shape index (κ2) is 7.26. The minimum absolute atomic E-state index is 0.0952. The van der Waals surface area contributed by atoms with E-state index >= 15 is 0 Å². The summed E-state index contributed by atoms with van der Waals surface area (Å²) < 4.78 is 5.37. The molecule has 0 bridgehead atoms. The van der Waals surface area contributed by atoms with E-state index in [1.54, 1.807) is 0 Å². The van der Waals surface area contributed by atoms with Crippen LogP contribution in [0.5, 0.6) is 0 Å². The molecule has 2 aliphatic heterocycles. The molecule has 1 aliphatic carbocycles. The molecular weight excluding hydrogens is 372 g/mol. The number of hydrogen-bond donors (Lipinski definition) is 1. The lowest BCUT2D eigenvalue weighted by Gasteiger charge is -2.38. The summed E-state index contributed by atoms with van der Waals surface area (Å²) in [6.45, 7) is 2.56. The topological polar surface area (TPSA) is 41.6 Å². The largest absolute Gasteiger partial charge is 0.378 e. The van der Waals surface area contributed by atoms with Crippen molar-refractivity contribution in [1.29, 1.82) is 0 Å². The lowest BCUT2D eigenvalue weighted by Crippen LogP contribution is -2.40. The van der Waals surface area contributed by atoms with Gasteiger partial charge in [0, 0.05) is 35.3 Å². The molecule has 1 N–H and O–H groups in total. The predicted molar refractivity (Wildman–Crippen MR) is 111 cm³/mol. The first-order valence-corrected chi connectivity index (χ1v) is 10.3. The molecule has 0 spiro atoms. The minimum atomic E-state index is 0.0952. The van der Waals surface area contributed by atoms with Gasteiger partial charge >= 0.3 is 0 Å². The van der Waals surface area contributed by atoms with Gasteiger partial charge in [0.05, 0.1) is 19.3 Å². The van der Waals surface area contributed by atoms with E-state index in [-0.39, 0.29) is 11.9 Å². The van der Waals surface area contributed by atoms with Crippen molar-refractivity contribution in [2.75, 3.05) is 31.6 Å². The van der Waals surface area contributed by atoms with Gasteiger partial charge in [-0.1, -0.05) is 42.0 Å². The molecule has 2 aromatic carbocycles. The van der Waals surface area contributed by atoms with Gasteiger partial charge in [-0.05, 0) is 47.7 Å². The molecule has 4 nitrogen and oxygen atoms in total. The van der Waals surface area contributed by atoms with Gasteiger partial charge in [-0.15, -0.1) is 0 Å². The average molecular weight is 395 g/mol. The Bertz CT molecular complexity index is 936. The molecule has 3 unspecified atom stereocenters. The SMILES string of the molecule is O=C(c1ccc2c(c1)C1C=CCC1C(c1ccccc1Cl)N2)N1CCOCC1. The van der Waals surface area contributed by atoms with Crippen LogP contribution in [-0.2, 0) is 4.74 Å². The Balaban J connectivity index is 1.49. The number of nitrogens with one attached hydrogen (secondary N) is 1. The monoisotopic (exact) mass is 394 g/mol. The summed E-state index contributed by atoms with van der Waals surface area (Å²) in [5, 5.41) is 4.50. The Hall–Kier alpha value is -2.30. The molecule has 0 saturated carbocycles. The van der Waals surface area contributed by atoms with Crippen molar-refractivity contribution >= 4 is 23.2 Å². The Labute approximate surface area is 170 Å². The maximum atomic E-state index is 12.9. The number of carbonyl (C=O) groups is 1. The summed E-state index contributed by atoms with van der Waals surface area (Å²) in [5.74, 6) is 0.800. The van der Waals surface area contributed by atoms with E-state index in [9.17, 15) is 4.79 Å². The first kappa shape index (κ1) is 17.8. The van der Waals surface area contributed by atoms with Crippen LogP contribution in [0.1, 0.15) is 39.9 Å². The molecule has 28 heavy (non-hydrogen) atoms. The smallest absolute Gasteiger partial charge is 0.254 e. The van der Waals surface area contributed by atoms with Crippen molar-refractivity contribution in [2.45, 2.75) is 18.4 Å². The number of benzene rings is 2. The maximum Gasteiger partial charge on any atom is 0.254 e. The van der Waals surface area contributed by atoms with Crippen LogP contribution in [0.25, 0.3) is 0 Å². The van der Waals surface area contributed by atoms with Gasteiger partial charge in [-0.2, -0.15) is 0 Å². The van der Waals surface area contributed by atoms with E-state index in [1.165, 1.54) is 5.56 Å². The van der Waals surface area contributed by atoms with Crippen LogP contribution in [-0.4, -0.2) is 37.1 Å². The fourth-order valence-electron chi connectivity index (χ4n) is 4.71. The molecule has 5 heteroatoms. The van der Waals surface area contributed by atoms with E-state index in [2.05, 4.69) is 35.7 Å². The molecule has 144 valence electrons. The summed E-state index contributed by atoms with van der Waals surface area (Å²) in [6, 6.07) is 14.3. The molecule has 2 heterocycles. The highest BCUT2D eigenvalue weighted by Crippen LogP contribution is 2.50. The van der Waals surface area contributed by atoms with Gasteiger partial charge < -0.3 is 15.0 Å². The molecule has 5 rings (SSSR count). The second-order valence-electron chi connectivity index (χ2n) is 7.70. The van der Waals surface area contributed by atoms with Crippen LogP contribution in [0.4, 0.5) is 5.69 Å². The molecule has 0 aromatic heterocycles. The zero-order chi connectivity index (χ0) is 19.1. The van der Waals surface area contributed by atoms with Crippen LogP contribution in [0, 0.1) is 5.92 Å². The lowest BCUT2D eigenvalue weighted by atomic mass is 9.76. The highest BCUT2D eigenvalue weighted by molar-refractivity contribution is 6.31. The predicted octanol–water partition coefficient (Wildman–Crippen LogP) is 4.64. The molecular formula is C23H23ClN2O2. The van der Waals surface area contributed by atoms with Gasteiger partial charge in [-0.3, -0.25) is 4.79 Å². The quantitative estimate of drug-likeness (QED) is 0.754. The summed E-state index contributed by atoms with van der Waals surface area (Å²) in [4.78, 5) is 14.8. The highest BCUT2D eigenvalue weighted by atomic mass is 35.5. The van der Waals surface area contributed by atoms with Crippen molar-refractivity contribution in [3.8, 4) is 0 Å². The van der Waals surface area contributed by atoms with Crippen molar-refractivity contribution in [3.05, 3.63) is 76.3 Å². The number of halogens is 1. The molecule has 1 saturated heterocycles. The van der Waals surface area contributed by atoms with E-state index in [0.29, 0.717) is 38.1 Å². The fourth-order valence-corrected chi connectivity index (χ4v) is 4.96. The molecule has 0 radical (unpaired) electrons. The fraction of sp³-hybridized carbons (Fsp3) is 0.348. The van der Waals surface area contributed by atoms with Crippen LogP contribution in [0.15, 0.2) is 54.6 Å². The average Bonchev–Trinajstić information content (AvgIpc) is 3.24. The molecule has 2 aromatic rings. The summed E-state index contributed by atoms with van der Waals surface area (Å²) in [6.07, 6.45) is 5.55. The highest BCUT2D eigenvalue weighted by Gasteiger charge is 2.39. The Morgan fingerprint density at radius 3 is 2.75 bits per heavy atom. The number of hydrogen-bond acceptors (Lipinski definition) is 3. The number of anilines is 1. The van der Waals surface area contributed by atoms with E-state index in [0.717, 1.165) is 28.3 Å². The molecule has 3 aliphatic rings. The van der Waals surface area contributed by atoms with E-state index in [4.69, 9.17) is 16.3 Å². The number of rotatable bonds is 2. The normalized spacial score (nSPS) is 25.8. The van der Waals surface area contributed by atoms with Crippen LogP contribution < -0.4 is 5.32 Å². The summed E-state index contributed by atoms with van der Waals surface area (Å²) in [5.41, 5.74) is 4.21. The van der Waals surface area contributed by atoms with Gasteiger partial charge in [0.15, 0.2) is 0 Å². The van der Waals surface area contributed by atoms with Crippen molar-refractivity contribution in [3.63, 3.8) is 0 Å². The van der Waals surface area contributed by atoms with Crippen molar-refractivity contribution in [2.24, 2.45) is 5.92 Å². The number of amides is 1. The number of morpholine rings is 1. The van der Waals surface area contributed by atoms with Gasteiger partial charge in [0.2, 0.25) is 0 Å². The molecule has 1 amide bonds. The minimum Gasteiger partial charge on any atom is -0.378 e. The maximum absolute atomic E-state index is 12.9. The van der Waals surface area contributed by atoms with Gasteiger partial charge in [-0.25, -0.2) is 0 Å². The van der Waals surface area contributed by atoms with Crippen molar-refractivity contribution < 1.29 is 9.53 Å². The van der Waals surface area contributed by atoms with Crippen molar-refractivity contribution in [1.82, 2.24) is 4.90 Å². The first-order valence-electron chi connectivity index (χ1n) is 9.91. The number of nitrogens with zero attached hydrogens (tertiary/aromatic N) is 1. The third kappa shape index (κ3) is 3.01. The Kier molecular flexibility index (Phi) is 4.61. The number of carbonyl (C=O) groups excluding carboxylic acids is 1. The molecule has 3 atom stereocenters. The van der Waals surface area contributed by atoms with E-state index in [1.807, 2.05) is 29.2 Å². The standard InChI is InChI=1S/C23H23ClN2O2/c24-20-7-2-1-4-18(20)22-17-6-3-5-16(17)19-14-15(8-9-21(19)25-22)23(27)26-10-12-28-13-11-26/h1-5,7-9,14,16-17,22,25H,6,10-13H2. The number of fused-ring (bicyclic) bond motifs is 3. The van der Waals surface area contributed by atoms with Gasteiger partial charge in [0.25, 0.3) is 5.91 Å². The number of ether oxygens (including phenoxy) is 1. The third-order valence-electron chi connectivity index (χ3n) is 6.15. The molecule has 1 fully saturated rings. The second-order valence-corrected chi connectivity index (χ2v) is 8.11. The lowest BCUT2D eigenvalue weighted by molar-refractivity contribution is 0.0303.